The van der Waals surface area contributed by atoms with Gasteiger partial charge in [-0.1, -0.05) is 42.4 Å². The number of nitrogens with zero attached hydrogens (tertiary/aromatic N) is 1. The van der Waals surface area contributed by atoms with E-state index in [1.807, 2.05) is 0 Å². The first-order valence-corrected chi connectivity index (χ1v) is 7.10. The molecule has 0 aliphatic heterocycles. The van der Waals surface area contributed by atoms with E-state index in [0.717, 1.165) is 43.8 Å². The molecule has 3 nitrogen and oxygen atoms in total. The highest BCUT2D eigenvalue weighted by atomic mass is 16.5. The fraction of sp³-hybridized carbons (Fsp3) is 0.438. The summed E-state index contributed by atoms with van der Waals surface area (Å²) >= 11 is 0. The monoisotopic (exact) mass is 256 g/mol. The fourth-order valence-electron chi connectivity index (χ4n) is 2.86. The molecule has 0 saturated carbocycles. The Bertz CT molecular complexity index is 533. The Hall–Kier alpha value is -1.61. The van der Waals surface area contributed by atoms with Crippen molar-refractivity contribution in [3.63, 3.8) is 0 Å². The lowest BCUT2D eigenvalue weighted by Gasteiger charge is -2.21. The standard InChI is InChI=1S/C16H20N2O/c1-2-17-11-15-14-10-13(8-9-16(14)19-18-15)12-6-4-3-5-7-12/h3-7,13,17H,2,8-11H2,1H3. The van der Waals surface area contributed by atoms with Crippen LogP contribution < -0.4 is 5.32 Å². The van der Waals surface area contributed by atoms with E-state index in [1.54, 1.807) is 0 Å². The molecule has 2 aromatic rings. The highest BCUT2D eigenvalue weighted by Gasteiger charge is 2.26. The Kier molecular flexibility index (Phi) is 3.65. The molecule has 3 rings (SSSR count). The molecule has 3 heteroatoms. The molecule has 1 aliphatic rings. The normalized spacial score (nSPS) is 18.3. The summed E-state index contributed by atoms with van der Waals surface area (Å²) in [6.07, 6.45) is 3.23. The fourth-order valence-corrected chi connectivity index (χ4v) is 2.86. The molecule has 0 amide bonds. The lowest BCUT2D eigenvalue weighted by Crippen LogP contribution is -2.17. The van der Waals surface area contributed by atoms with E-state index in [2.05, 4.69) is 47.7 Å². The molecule has 0 fully saturated rings. The second kappa shape index (κ2) is 5.57. The number of hydrogen-bond donors (Lipinski definition) is 1. The lowest BCUT2D eigenvalue weighted by molar-refractivity contribution is 0.361. The number of hydrogen-bond acceptors (Lipinski definition) is 3. The van der Waals surface area contributed by atoms with Gasteiger partial charge in [0.2, 0.25) is 0 Å². The first-order chi connectivity index (χ1) is 9.38. The van der Waals surface area contributed by atoms with Gasteiger partial charge in [-0.15, -0.1) is 0 Å². The molecule has 1 N–H and O–H groups in total. The quantitative estimate of drug-likeness (QED) is 0.913. The van der Waals surface area contributed by atoms with Gasteiger partial charge in [-0.25, -0.2) is 0 Å². The molecule has 0 bridgehead atoms. The third-order valence-electron chi connectivity index (χ3n) is 3.93. The smallest absolute Gasteiger partial charge is 0.140 e. The molecule has 1 aromatic carbocycles. The zero-order valence-electron chi connectivity index (χ0n) is 11.4. The molecule has 0 spiro atoms. The van der Waals surface area contributed by atoms with Gasteiger partial charge in [-0.2, -0.15) is 0 Å². The van der Waals surface area contributed by atoms with E-state index >= 15 is 0 Å². The average molecular weight is 256 g/mol. The van der Waals surface area contributed by atoms with E-state index in [0.29, 0.717) is 5.92 Å². The van der Waals surface area contributed by atoms with Gasteiger partial charge in [0, 0.05) is 18.5 Å². The minimum Gasteiger partial charge on any atom is -0.361 e. The Morgan fingerprint density at radius 2 is 2.16 bits per heavy atom. The van der Waals surface area contributed by atoms with E-state index < -0.39 is 0 Å². The Morgan fingerprint density at radius 1 is 1.32 bits per heavy atom. The van der Waals surface area contributed by atoms with Crippen molar-refractivity contribution in [2.75, 3.05) is 6.54 Å². The van der Waals surface area contributed by atoms with Gasteiger partial charge >= 0.3 is 0 Å². The summed E-state index contributed by atoms with van der Waals surface area (Å²) < 4.78 is 5.48. The van der Waals surface area contributed by atoms with Gasteiger partial charge in [0.15, 0.2) is 0 Å². The van der Waals surface area contributed by atoms with E-state index in [-0.39, 0.29) is 0 Å². The zero-order chi connectivity index (χ0) is 13.1. The number of nitrogens with one attached hydrogen (secondary N) is 1. The molecule has 1 atom stereocenters. The highest BCUT2D eigenvalue weighted by molar-refractivity contribution is 5.31. The van der Waals surface area contributed by atoms with Gasteiger partial charge in [0.1, 0.15) is 11.5 Å². The molecule has 0 saturated heterocycles. The predicted octanol–water partition coefficient (Wildman–Crippen LogP) is 3.06. The number of benzene rings is 1. The van der Waals surface area contributed by atoms with E-state index in [1.165, 1.54) is 11.1 Å². The average Bonchev–Trinajstić information content (AvgIpc) is 2.88. The summed E-state index contributed by atoms with van der Waals surface area (Å²) in [5.41, 5.74) is 3.86. The predicted molar refractivity (Wildman–Crippen MR) is 75.1 cm³/mol. The van der Waals surface area contributed by atoms with Crippen LogP contribution in [0.25, 0.3) is 0 Å². The summed E-state index contributed by atoms with van der Waals surface area (Å²) in [7, 11) is 0. The molecular formula is C16H20N2O. The molecule has 100 valence electrons. The maximum absolute atomic E-state index is 5.48. The molecular weight excluding hydrogens is 236 g/mol. The van der Waals surface area contributed by atoms with Crippen LogP contribution in [0.15, 0.2) is 34.9 Å². The van der Waals surface area contributed by atoms with Crippen LogP contribution in [0.2, 0.25) is 0 Å². The van der Waals surface area contributed by atoms with Crippen LogP contribution in [0.5, 0.6) is 0 Å². The van der Waals surface area contributed by atoms with Crippen molar-refractivity contribution < 1.29 is 4.52 Å². The van der Waals surface area contributed by atoms with Gasteiger partial charge < -0.3 is 9.84 Å². The van der Waals surface area contributed by atoms with Crippen molar-refractivity contribution in [1.29, 1.82) is 0 Å². The van der Waals surface area contributed by atoms with Crippen LogP contribution in [0.4, 0.5) is 0 Å². The molecule has 1 unspecified atom stereocenters. The Morgan fingerprint density at radius 3 is 2.95 bits per heavy atom. The van der Waals surface area contributed by atoms with Crippen LogP contribution in [0.3, 0.4) is 0 Å². The van der Waals surface area contributed by atoms with Crippen molar-refractivity contribution >= 4 is 0 Å². The van der Waals surface area contributed by atoms with Crippen LogP contribution in [-0.2, 0) is 19.4 Å². The van der Waals surface area contributed by atoms with Crippen LogP contribution >= 0.6 is 0 Å². The van der Waals surface area contributed by atoms with Crippen LogP contribution in [0, 0.1) is 0 Å². The SMILES string of the molecule is CCNCc1noc2c1CC(c1ccccc1)CC2. The van der Waals surface area contributed by atoms with Crippen molar-refractivity contribution in [3.8, 4) is 0 Å². The topological polar surface area (TPSA) is 38.1 Å². The zero-order valence-corrected chi connectivity index (χ0v) is 11.4. The third-order valence-corrected chi connectivity index (χ3v) is 3.93. The first-order valence-electron chi connectivity index (χ1n) is 7.10. The van der Waals surface area contributed by atoms with Gasteiger partial charge in [0.25, 0.3) is 0 Å². The summed E-state index contributed by atoms with van der Waals surface area (Å²) in [6, 6.07) is 10.8. The van der Waals surface area contributed by atoms with Gasteiger partial charge in [-0.05, 0) is 30.9 Å². The maximum atomic E-state index is 5.48. The highest BCUT2D eigenvalue weighted by Crippen LogP contribution is 2.34. The Labute approximate surface area is 114 Å². The first kappa shape index (κ1) is 12.4. The summed E-state index contributed by atoms with van der Waals surface area (Å²) in [4.78, 5) is 0. The second-order valence-electron chi connectivity index (χ2n) is 5.16. The number of aromatic nitrogens is 1. The van der Waals surface area contributed by atoms with Crippen molar-refractivity contribution in [3.05, 3.63) is 52.9 Å². The van der Waals surface area contributed by atoms with Crippen molar-refractivity contribution in [2.45, 2.75) is 38.6 Å². The van der Waals surface area contributed by atoms with Crippen molar-refractivity contribution in [2.24, 2.45) is 0 Å². The van der Waals surface area contributed by atoms with Crippen LogP contribution in [0.1, 0.15) is 41.8 Å². The molecule has 19 heavy (non-hydrogen) atoms. The Balaban J connectivity index is 1.80. The largest absolute Gasteiger partial charge is 0.361 e. The molecule has 1 heterocycles. The lowest BCUT2D eigenvalue weighted by atomic mass is 9.82. The van der Waals surface area contributed by atoms with E-state index in [4.69, 9.17) is 4.52 Å². The number of fused-ring (bicyclic) bond motifs is 1. The number of aryl methyl sites for hydroxylation is 1. The van der Waals surface area contributed by atoms with Crippen molar-refractivity contribution in [1.82, 2.24) is 10.5 Å². The summed E-state index contributed by atoms with van der Waals surface area (Å²) in [6.45, 7) is 3.89. The van der Waals surface area contributed by atoms with Gasteiger partial charge in [0.05, 0.1) is 0 Å². The van der Waals surface area contributed by atoms with E-state index in [9.17, 15) is 0 Å². The third kappa shape index (κ3) is 2.56. The van der Waals surface area contributed by atoms with Gasteiger partial charge in [-0.3, -0.25) is 0 Å². The minimum absolute atomic E-state index is 0.605. The molecule has 0 radical (unpaired) electrons. The second-order valence-corrected chi connectivity index (χ2v) is 5.16. The maximum Gasteiger partial charge on any atom is 0.140 e. The minimum atomic E-state index is 0.605. The summed E-state index contributed by atoms with van der Waals surface area (Å²) in [5.74, 6) is 1.70. The molecule has 1 aromatic heterocycles. The van der Waals surface area contributed by atoms with Crippen LogP contribution in [-0.4, -0.2) is 11.7 Å². The number of rotatable bonds is 4. The summed E-state index contributed by atoms with van der Waals surface area (Å²) in [5, 5.41) is 7.56. The molecule has 1 aliphatic carbocycles.